The highest BCUT2D eigenvalue weighted by molar-refractivity contribution is 7.09. The molecule has 0 fully saturated rings. The van der Waals surface area contributed by atoms with E-state index in [9.17, 15) is 18.0 Å². The smallest absolute Gasteiger partial charge is 0.350 e. The molecule has 0 aliphatic heterocycles. The van der Waals surface area contributed by atoms with Crippen molar-refractivity contribution < 1.29 is 18.0 Å². The van der Waals surface area contributed by atoms with Gasteiger partial charge in [-0.15, -0.1) is 11.3 Å². The number of alkyl halides is 3. The minimum absolute atomic E-state index is 0.192. The quantitative estimate of drug-likeness (QED) is 0.682. The van der Waals surface area contributed by atoms with Gasteiger partial charge in [0.2, 0.25) is 0 Å². The number of carbonyl (C=O) groups excluding carboxylic acids is 1. The lowest BCUT2D eigenvalue weighted by atomic mass is 10.3. The summed E-state index contributed by atoms with van der Waals surface area (Å²) < 4.78 is 40.1. The number of aromatic nitrogens is 2. The van der Waals surface area contributed by atoms with Crippen LogP contribution in [0.4, 0.5) is 13.2 Å². The van der Waals surface area contributed by atoms with Gasteiger partial charge in [0, 0.05) is 17.5 Å². The van der Waals surface area contributed by atoms with Gasteiger partial charge in [0.05, 0.1) is 10.7 Å². The Hall–Kier alpha value is -2.32. The molecule has 0 saturated carbocycles. The van der Waals surface area contributed by atoms with Crippen LogP contribution < -0.4 is 5.32 Å². The van der Waals surface area contributed by atoms with Gasteiger partial charge >= 0.3 is 6.18 Å². The van der Waals surface area contributed by atoms with Crippen molar-refractivity contribution >= 4 is 28.8 Å². The summed E-state index contributed by atoms with van der Waals surface area (Å²) in [5.41, 5.74) is -1.18. The molecule has 3 rings (SSSR count). The Bertz CT molecular complexity index is 906. The van der Waals surface area contributed by atoms with Gasteiger partial charge in [0.15, 0.2) is 5.69 Å². The standard InChI is InChI=1S/C17H13ClF3N3OS/c18-12-5-1-2-6-13(12)24-14(10-15(23-24)17(19,20)21)16(25)22-8-7-11-4-3-9-26-11/h1-6,9-10H,7-8H2,(H,22,25). The van der Waals surface area contributed by atoms with Crippen molar-refractivity contribution in [1.82, 2.24) is 15.1 Å². The van der Waals surface area contributed by atoms with Crippen molar-refractivity contribution in [2.45, 2.75) is 12.6 Å². The molecule has 0 radical (unpaired) electrons. The van der Waals surface area contributed by atoms with Crippen molar-refractivity contribution in [3.8, 4) is 5.69 Å². The second-order valence-electron chi connectivity index (χ2n) is 5.36. The van der Waals surface area contributed by atoms with Crippen molar-refractivity contribution in [2.24, 2.45) is 0 Å². The summed E-state index contributed by atoms with van der Waals surface area (Å²) in [6.07, 6.45) is -4.08. The van der Waals surface area contributed by atoms with Crippen molar-refractivity contribution in [3.63, 3.8) is 0 Å². The molecule has 136 valence electrons. The fraction of sp³-hybridized carbons (Fsp3) is 0.176. The SMILES string of the molecule is O=C(NCCc1cccs1)c1cc(C(F)(F)F)nn1-c1ccccc1Cl. The number of carbonyl (C=O) groups is 1. The molecule has 26 heavy (non-hydrogen) atoms. The van der Waals surface area contributed by atoms with E-state index in [1.165, 1.54) is 12.1 Å². The maximum Gasteiger partial charge on any atom is 0.435 e. The first-order valence-electron chi connectivity index (χ1n) is 7.59. The molecule has 9 heteroatoms. The molecule has 2 aromatic heterocycles. The third-order valence-corrected chi connectivity index (χ3v) is 4.81. The predicted octanol–water partition coefficient (Wildman–Crippen LogP) is 4.58. The first-order valence-corrected chi connectivity index (χ1v) is 8.85. The first kappa shape index (κ1) is 18.5. The topological polar surface area (TPSA) is 46.9 Å². The van der Waals surface area contributed by atoms with E-state index in [1.54, 1.807) is 23.5 Å². The molecule has 4 nitrogen and oxygen atoms in total. The molecule has 0 unspecified atom stereocenters. The van der Waals surface area contributed by atoms with Crippen molar-refractivity contribution in [1.29, 1.82) is 0 Å². The molecule has 1 aromatic carbocycles. The number of nitrogens with zero attached hydrogens (tertiary/aromatic N) is 2. The van der Waals surface area contributed by atoms with E-state index in [0.717, 1.165) is 15.6 Å². The van der Waals surface area contributed by atoms with Crippen LogP contribution >= 0.6 is 22.9 Å². The Morgan fingerprint density at radius 2 is 2.00 bits per heavy atom. The number of thiophene rings is 1. The zero-order valence-corrected chi connectivity index (χ0v) is 14.8. The third-order valence-electron chi connectivity index (χ3n) is 3.55. The fourth-order valence-electron chi connectivity index (χ4n) is 2.33. The lowest BCUT2D eigenvalue weighted by Crippen LogP contribution is -2.27. The van der Waals surface area contributed by atoms with Gasteiger partial charge in [-0.1, -0.05) is 29.8 Å². The third kappa shape index (κ3) is 4.08. The second kappa shape index (κ2) is 7.51. The number of para-hydroxylation sites is 1. The van der Waals surface area contributed by atoms with Gasteiger partial charge in [0.25, 0.3) is 5.91 Å². The van der Waals surface area contributed by atoms with Crippen LogP contribution in [0.2, 0.25) is 5.02 Å². The molecule has 0 aliphatic carbocycles. The summed E-state index contributed by atoms with van der Waals surface area (Å²) in [5, 5.41) is 8.28. The van der Waals surface area contributed by atoms with E-state index < -0.39 is 17.8 Å². The number of benzene rings is 1. The van der Waals surface area contributed by atoms with Crippen LogP contribution in [-0.2, 0) is 12.6 Å². The van der Waals surface area contributed by atoms with Gasteiger partial charge in [-0.25, -0.2) is 4.68 Å². The van der Waals surface area contributed by atoms with Gasteiger partial charge in [-0.3, -0.25) is 4.79 Å². The van der Waals surface area contributed by atoms with Crippen molar-refractivity contribution in [2.75, 3.05) is 6.54 Å². The van der Waals surface area contributed by atoms with Crippen molar-refractivity contribution in [3.05, 3.63) is 69.1 Å². The van der Waals surface area contributed by atoms with Crippen LogP contribution in [-0.4, -0.2) is 22.2 Å². The molecule has 3 aromatic rings. The Kier molecular flexibility index (Phi) is 5.33. The second-order valence-corrected chi connectivity index (χ2v) is 6.80. The average molecular weight is 400 g/mol. The van der Waals surface area contributed by atoms with E-state index >= 15 is 0 Å². The van der Waals surface area contributed by atoms with E-state index in [2.05, 4.69) is 10.4 Å². The number of rotatable bonds is 5. The molecular weight excluding hydrogens is 387 g/mol. The average Bonchev–Trinajstić information content (AvgIpc) is 3.24. The zero-order chi connectivity index (χ0) is 18.7. The molecule has 0 saturated heterocycles. The number of hydrogen-bond donors (Lipinski definition) is 1. The number of nitrogens with one attached hydrogen (secondary N) is 1. The fourth-order valence-corrected chi connectivity index (χ4v) is 3.26. The predicted molar refractivity (Wildman–Crippen MR) is 93.9 cm³/mol. The molecular formula is C17H13ClF3N3OS. The zero-order valence-electron chi connectivity index (χ0n) is 13.3. The van der Waals surface area contributed by atoms with E-state index in [0.29, 0.717) is 13.0 Å². The summed E-state index contributed by atoms with van der Waals surface area (Å²) in [5.74, 6) is -0.649. The summed E-state index contributed by atoms with van der Waals surface area (Å²) in [6, 6.07) is 10.8. The molecule has 0 spiro atoms. The molecule has 1 N–H and O–H groups in total. The van der Waals surface area contributed by atoms with E-state index in [1.807, 2.05) is 17.5 Å². The molecule has 0 bridgehead atoms. The summed E-state index contributed by atoms with van der Waals surface area (Å²) in [4.78, 5) is 13.5. The molecule has 2 heterocycles. The highest BCUT2D eigenvalue weighted by atomic mass is 35.5. The Balaban J connectivity index is 1.88. The summed E-state index contributed by atoms with van der Waals surface area (Å²) in [7, 11) is 0. The maximum atomic E-state index is 13.1. The first-order chi connectivity index (χ1) is 12.4. The van der Waals surface area contributed by atoms with Crippen LogP contribution in [0.25, 0.3) is 5.69 Å². The molecule has 1 amide bonds. The largest absolute Gasteiger partial charge is 0.435 e. The highest BCUT2D eigenvalue weighted by Gasteiger charge is 2.36. The normalized spacial score (nSPS) is 11.5. The Morgan fingerprint density at radius 3 is 2.65 bits per heavy atom. The summed E-state index contributed by atoms with van der Waals surface area (Å²) in [6.45, 7) is 0.300. The monoisotopic (exact) mass is 399 g/mol. The highest BCUT2D eigenvalue weighted by Crippen LogP contribution is 2.30. The molecule has 0 atom stereocenters. The maximum absolute atomic E-state index is 13.1. The van der Waals surface area contributed by atoms with Crippen LogP contribution in [0.3, 0.4) is 0 Å². The van der Waals surface area contributed by atoms with Crippen LogP contribution in [0, 0.1) is 0 Å². The van der Waals surface area contributed by atoms with Gasteiger partial charge < -0.3 is 5.32 Å². The molecule has 0 aliphatic rings. The van der Waals surface area contributed by atoms with Gasteiger partial charge in [-0.05, 0) is 30.0 Å². The van der Waals surface area contributed by atoms with Gasteiger partial charge in [0.1, 0.15) is 5.69 Å². The van der Waals surface area contributed by atoms with E-state index in [-0.39, 0.29) is 16.4 Å². The lowest BCUT2D eigenvalue weighted by molar-refractivity contribution is -0.141. The Morgan fingerprint density at radius 1 is 1.23 bits per heavy atom. The van der Waals surface area contributed by atoms with Crippen LogP contribution in [0.15, 0.2) is 47.8 Å². The van der Waals surface area contributed by atoms with E-state index in [4.69, 9.17) is 11.6 Å². The van der Waals surface area contributed by atoms with Gasteiger partial charge in [-0.2, -0.15) is 18.3 Å². The lowest BCUT2D eigenvalue weighted by Gasteiger charge is -2.09. The summed E-state index contributed by atoms with van der Waals surface area (Å²) >= 11 is 7.60. The number of hydrogen-bond acceptors (Lipinski definition) is 3. The minimum atomic E-state index is -4.67. The number of halogens is 4. The number of amides is 1. The Labute approximate surface area is 156 Å². The minimum Gasteiger partial charge on any atom is -0.350 e. The van der Waals surface area contributed by atoms with Crippen LogP contribution in [0.1, 0.15) is 21.1 Å². The van der Waals surface area contributed by atoms with Crippen LogP contribution in [0.5, 0.6) is 0 Å².